The number of hydrogen-bond acceptors (Lipinski definition) is 5. The van der Waals surface area contributed by atoms with E-state index in [9.17, 15) is 10.1 Å². The van der Waals surface area contributed by atoms with Gasteiger partial charge in [0.1, 0.15) is 11.4 Å². The van der Waals surface area contributed by atoms with Crippen LogP contribution in [0, 0.1) is 10.1 Å². The number of para-hydroxylation sites is 1. The molecule has 0 atom stereocenters. The molecule has 20 heavy (non-hydrogen) atoms. The van der Waals surface area contributed by atoms with Gasteiger partial charge in [0.25, 0.3) is 0 Å². The predicted octanol–water partition coefficient (Wildman–Crippen LogP) is 2.10. The minimum absolute atomic E-state index is 0.0212. The van der Waals surface area contributed by atoms with Crippen molar-refractivity contribution < 1.29 is 4.92 Å². The number of nitrogen functional groups attached to an aromatic ring is 1. The van der Waals surface area contributed by atoms with Crippen LogP contribution in [-0.4, -0.2) is 42.5 Å². The van der Waals surface area contributed by atoms with E-state index < -0.39 is 0 Å². The van der Waals surface area contributed by atoms with Gasteiger partial charge in [-0.15, -0.1) is 0 Å². The van der Waals surface area contributed by atoms with E-state index in [1.807, 2.05) is 11.9 Å². The Morgan fingerprint density at radius 2 is 2.10 bits per heavy atom. The first-order valence-corrected chi connectivity index (χ1v) is 7.02. The second-order valence-electron chi connectivity index (χ2n) is 5.25. The molecule has 1 aromatic carbocycles. The van der Waals surface area contributed by atoms with Crippen molar-refractivity contribution in [1.82, 2.24) is 4.90 Å². The largest absolute Gasteiger partial charge is 0.393 e. The van der Waals surface area contributed by atoms with Crippen LogP contribution in [0.3, 0.4) is 0 Å². The SMILES string of the molecule is CCN1CCC(N(C)c2cccc(N)c2[N+](=O)[O-])CC1. The number of likely N-dealkylation sites (tertiary alicyclic amines) is 1. The maximum absolute atomic E-state index is 11.2. The Balaban J connectivity index is 2.20. The molecule has 0 aromatic heterocycles. The molecule has 1 aromatic rings. The highest BCUT2D eigenvalue weighted by atomic mass is 16.6. The van der Waals surface area contributed by atoms with E-state index >= 15 is 0 Å². The molecule has 0 spiro atoms. The van der Waals surface area contributed by atoms with Gasteiger partial charge in [0.15, 0.2) is 0 Å². The molecule has 6 nitrogen and oxygen atoms in total. The highest BCUT2D eigenvalue weighted by molar-refractivity contribution is 5.75. The van der Waals surface area contributed by atoms with Gasteiger partial charge in [0.05, 0.1) is 4.92 Å². The lowest BCUT2D eigenvalue weighted by molar-refractivity contribution is -0.383. The summed E-state index contributed by atoms with van der Waals surface area (Å²) in [7, 11) is 1.92. The van der Waals surface area contributed by atoms with Gasteiger partial charge in [-0.25, -0.2) is 0 Å². The van der Waals surface area contributed by atoms with Crippen LogP contribution in [0.1, 0.15) is 19.8 Å². The van der Waals surface area contributed by atoms with Crippen molar-refractivity contribution >= 4 is 17.1 Å². The molecule has 1 fully saturated rings. The van der Waals surface area contributed by atoms with E-state index in [1.54, 1.807) is 18.2 Å². The first kappa shape index (κ1) is 14.6. The summed E-state index contributed by atoms with van der Waals surface area (Å²) in [5.74, 6) is 0. The minimum Gasteiger partial charge on any atom is -0.393 e. The highest BCUT2D eigenvalue weighted by Gasteiger charge is 2.27. The van der Waals surface area contributed by atoms with Crippen LogP contribution in [0.4, 0.5) is 17.1 Å². The van der Waals surface area contributed by atoms with Crippen molar-refractivity contribution in [3.63, 3.8) is 0 Å². The molecule has 1 aliphatic heterocycles. The molecule has 0 amide bonds. The topological polar surface area (TPSA) is 75.6 Å². The Kier molecular flexibility index (Phi) is 4.44. The van der Waals surface area contributed by atoms with Crippen LogP contribution >= 0.6 is 0 Å². The number of nitrogens with two attached hydrogens (primary N) is 1. The van der Waals surface area contributed by atoms with E-state index in [0.29, 0.717) is 11.7 Å². The first-order chi connectivity index (χ1) is 9.54. The molecule has 1 aliphatic rings. The van der Waals surface area contributed by atoms with Gasteiger partial charge in [0.2, 0.25) is 0 Å². The summed E-state index contributed by atoms with van der Waals surface area (Å²) in [6.07, 6.45) is 2.05. The Morgan fingerprint density at radius 1 is 1.45 bits per heavy atom. The summed E-state index contributed by atoms with van der Waals surface area (Å²) in [4.78, 5) is 15.2. The third kappa shape index (κ3) is 2.85. The number of nitro benzene ring substituents is 1. The molecule has 0 unspecified atom stereocenters. The van der Waals surface area contributed by atoms with Crippen molar-refractivity contribution in [2.24, 2.45) is 0 Å². The number of nitro groups is 1. The first-order valence-electron chi connectivity index (χ1n) is 7.02. The monoisotopic (exact) mass is 278 g/mol. The van der Waals surface area contributed by atoms with Gasteiger partial charge in [-0.05, 0) is 31.5 Å². The summed E-state index contributed by atoms with van der Waals surface area (Å²) in [6.45, 7) is 5.31. The van der Waals surface area contributed by atoms with Crippen LogP contribution in [0.25, 0.3) is 0 Å². The molecule has 1 saturated heterocycles. The molecule has 0 bridgehead atoms. The van der Waals surface area contributed by atoms with E-state index in [4.69, 9.17) is 5.73 Å². The van der Waals surface area contributed by atoms with Crippen LogP contribution in [-0.2, 0) is 0 Å². The molecule has 0 saturated carbocycles. The molecule has 0 radical (unpaired) electrons. The van der Waals surface area contributed by atoms with Crippen molar-refractivity contribution in [3.8, 4) is 0 Å². The summed E-state index contributed by atoms with van der Waals surface area (Å²) in [6, 6.07) is 5.46. The number of hydrogen-bond donors (Lipinski definition) is 1. The molecule has 2 N–H and O–H groups in total. The fraction of sp³-hybridized carbons (Fsp3) is 0.571. The number of piperidine rings is 1. The summed E-state index contributed by atoms with van der Waals surface area (Å²) in [5, 5.41) is 11.2. The minimum atomic E-state index is -0.387. The van der Waals surface area contributed by atoms with Gasteiger partial charge in [-0.3, -0.25) is 10.1 Å². The van der Waals surface area contributed by atoms with Gasteiger partial charge >= 0.3 is 5.69 Å². The molecule has 6 heteroatoms. The number of anilines is 2. The number of nitrogens with zero attached hydrogens (tertiary/aromatic N) is 3. The Hall–Kier alpha value is -1.82. The van der Waals surface area contributed by atoms with Gasteiger partial charge in [-0.1, -0.05) is 13.0 Å². The average molecular weight is 278 g/mol. The zero-order valence-electron chi connectivity index (χ0n) is 12.1. The normalized spacial score (nSPS) is 17.1. The van der Waals surface area contributed by atoms with Crippen molar-refractivity contribution in [1.29, 1.82) is 0 Å². The van der Waals surface area contributed by atoms with Crippen molar-refractivity contribution in [2.75, 3.05) is 37.3 Å². The lowest BCUT2D eigenvalue weighted by Crippen LogP contribution is -2.43. The summed E-state index contributed by atoms with van der Waals surface area (Å²) < 4.78 is 0. The van der Waals surface area contributed by atoms with Gasteiger partial charge < -0.3 is 15.5 Å². The van der Waals surface area contributed by atoms with Crippen molar-refractivity contribution in [2.45, 2.75) is 25.8 Å². The fourth-order valence-corrected chi connectivity index (χ4v) is 2.85. The summed E-state index contributed by atoms with van der Waals surface area (Å²) in [5.41, 5.74) is 6.62. The van der Waals surface area contributed by atoms with Crippen molar-refractivity contribution in [3.05, 3.63) is 28.3 Å². The van der Waals surface area contributed by atoms with E-state index in [1.165, 1.54) is 0 Å². The second kappa shape index (κ2) is 6.09. The Morgan fingerprint density at radius 3 is 2.65 bits per heavy atom. The Labute approximate surface area is 119 Å². The fourth-order valence-electron chi connectivity index (χ4n) is 2.85. The maximum Gasteiger partial charge on any atom is 0.315 e. The zero-order valence-corrected chi connectivity index (χ0v) is 12.1. The average Bonchev–Trinajstić information content (AvgIpc) is 2.46. The van der Waals surface area contributed by atoms with Crippen LogP contribution in [0.2, 0.25) is 0 Å². The summed E-state index contributed by atoms with van der Waals surface area (Å²) >= 11 is 0. The van der Waals surface area contributed by atoms with E-state index in [-0.39, 0.29) is 16.3 Å². The lowest BCUT2D eigenvalue weighted by Gasteiger charge is -2.37. The molecular weight excluding hydrogens is 256 g/mol. The van der Waals surface area contributed by atoms with Crippen LogP contribution < -0.4 is 10.6 Å². The quantitative estimate of drug-likeness (QED) is 0.518. The van der Waals surface area contributed by atoms with Crippen LogP contribution in [0.5, 0.6) is 0 Å². The van der Waals surface area contributed by atoms with Gasteiger partial charge in [0, 0.05) is 26.2 Å². The molecule has 0 aliphatic carbocycles. The molecule has 2 rings (SSSR count). The third-order valence-electron chi connectivity index (χ3n) is 4.16. The zero-order chi connectivity index (χ0) is 14.7. The highest BCUT2D eigenvalue weighted by Crippen LogP contribution is 2.35. The van der Waals surface area contributed by atoms with Crippen LogP contribution in [0.15, 0.2) is 18.2 Å². The molecule has 110 valence electrons. The maximum atomic E-state index is 11.2. The van der Waals surface area contributed by atoms with E-state index in [0.717, 1.165) is 32.5 Å². The van der Waals surface area contributed by atoms with Gasteiger partial charge in [-0.2, -0.15) is 0 Å². The molecule has 1 heterocycles. The lowest BCUT2D eigenvalue weighted by atomic mass is 10.0. The standard InChI is InChI=1S/C14H22N4O2/c1-3-17-9-7-11(8-10-17)16(2)13-6-4-5-12(15)14(13)18(19)20/h4-6,11H,3,7-10,15H2,1-2H3. The smallest absolute Gasteiger partial charge is 0.315 e. The van der Waals surface area contributed by atoms with E-state index in [2.05, 4.69) is 11.8 Å². The number of benzene rings is 1. The number of rotatable bonds is 4. The third-order valence-corrected chi connectivity index (χ3v) is 4.16. The molecular formula is C14H22N4O2. The second-order valence-corrected chi connectivity index (χ2v) is 5.25. The Bertz CT molecular complexity index is 484. The predicted molar refractivity (Wildman–Crippen MR) is 81.0 cm³/mol.